The third-order valence-corrected chi connectivity index (χ3v) is 2.16. The quantitative estimate of drug-likeness (QED) is 0.566. The normalized spacial score (nSPS) is 21.3. The smallest absolute Gasteiger partial charge is 0.136 e. The fourth-order valence-corrected chi connectivity index (χ4v) is 1.25. The van der Waals surface area contributed by atoms with Crippen LogP contribution in [0.5, 0.6) is 0 Å². The Hall–Kier alpha value is -0.630. The van der Waals surface area contributed by atoms with Crippen LogP contribution in [0.15, 0.2) is 11.6 Å². The van der Waals surface area contributed by atoms with Crippen molar-refractivity contribution in [2.24, 2.45) is 0 Å². The van der Waals surface area contributed by atoms with Gasteiger partial charge in [0, 0.05) is 20.0 Å². The van der Waals surface area contributed by atoms with Crippen LogP contribution >= 0.6 is 0 Å². The van der Waals surface area contributed by atoms with E-state index in [1.807, 2.05) is 13.0 Å². The summed E-state index contributed by atoms with van der Waals surface area (Å²) in [5.41, 5.74) is 1.27. The largest absolute Gasteiger partial charge is 0.377 e. The Labute approximate surface area is 67.2 Å². The SMILES string of the molecule is COC(C)C1=CCC(=O)CC1. The van der Waals surface area contributed by atoms with Gasteiger partial charge >= 0.3 is 0 Å². The fraction of sp³-hybridized carbons (Fsp3) is 0.667. The van der Waals surface area contributed by atoms with Crippen LogP contribution in [0.4, 0.5) is 0 Å². The number of hydrogen-bond donors (Lipinski definition) is 0. The maximum atomic E-state index is 10.8. The third-order valence-electron chi connectivity index (χ3n) is 2.16. The van der Waals surface area contributed by atoms with Crippen molar-refractivity contribution in [2.75, 3.05) is 7.11 Å². The molecule has 0 aromatic heterocycles. The molecule has 0 aromatic carbocycles. The van der Waals surface area contributed by atoms with E-state index in [1.54, 1.807) is 7.11 Å². The van der Waals surface area contributed by atoms with Crippen molar-refractivity contribution in [3.63, 3.8) is 0 Å². The van der Waals surface area contributed by atoms with Gasteiger partial charge in [0.2, 0.25) is 0 Å². The Morgan fingerprint density at radius 3 is 2.73 bits per heavy atom. The van der Waals surface area contributed by atoms with E-state index < -0.39 is 0 Å². The Bertz CT molecular complexity index is 182. The van der Waals surface area contributed by atoms with Crippen LogP contribution in [0, 0.1) is 0 Å². The summed E-state index contributed by atoms with van der Waals surface area (Å²) in [7, 11) is 1.70. The average molecular weight is 154 g/mol. The highest BCUT2D eigenvalue weighted by Gasteiger charge is 2.14. The molecule has 2 heteroatoms. The van der Waals surface area contributed by atoms with Crippen LogP contribution in [-0.4, -0.2) is 19.0 Å². The zero-order chi connectivity index (χ0) is 8.27. The predicted molar refractivity (Wildman–Crippen MR) is 43.4 cm³/mol. The molecule has 0 bridgehead atoms. The van der Waals surface area contributed by atoms with Gasteiger partial charge in [0.1, 0.15) is 5.78 Å². The van der Waals surface area contributed by atoms with E-state index in [1.165, 1.54) is 5.57 Å². The first-order valence-corrected chi connectivity index (χ1v) is 3.97. The maximum Gasteiger partial charge on any atom is 0.136 e. The highest BCUT2D eigenvalue weighted by atomic mass is 16.5. The van der Waals surface area contributed by atoms with Gasteiger partial charge in [0.05, 0.1) is 6.10 Å². The molecule has 1 aliphatic rings. The zero-order valence-corrected chi connectivity index (χ0v) is 7.09. The van der Waals surface area contributed by atoms with Gasteiger partial charge in [-0.1, -0.05) is 6.08 Å². The molecule has 0 saturated heterocycles. The number of methoxy groups -OCH3 is 1. The van der Waals surface area contributed by atoms with E-state index >= 15 is 0 Å². The van der Waals surface area contributed by atoms with Crippen molar-refractivity contribution in [1.29, 1.82) is 0 Å². The van der Waals surface area contributed by atoms with Crippen LogP contribution in [0.1, 0.15) is 26.2 Å². The van der Waals surface area contributed by atoms with Gasteiger partial charge < -0.3 is 4.74 Å². The minimum Gasteiger partial charge on any atom is -0.377 e. The van der Waals surface area contributed by atoms with Crippen molar-refractivity contribution in [3.8, 4) is 0 Å². The first kappa shape index (κ1) is 8.47. The van der Waals surface area contributed by atoms with E-state index in [9.17, 15) is 4.79 Å². The summed E-state index contributed by atoms with van der Waals surface area (Å²) in [5.74, 6) is 0.344. The highest BCUT2D eigenvalue weighted by Crippen LogP contribution is 2.19. The topological polar surface area (TPSA) is 26.3 Å². The summed E-state index contributed by atoms with van der Waals surface area (Å²) in [5, 5.41) is 0. The summed E-state index contributed by atoms with van der Waals surface area (Å²) in [4.78, 5) is 10.8. The maximum absolute atomic E-state index is 10.8. The Morgan fingerprint density at radius 1 is 1.55 bits per heavy atom. The minimum absolute atomic E-state index is 0.183. The summed E-state index contributed by atoms with van der Waals surface area (Å²) >= 11 is 0. The second-order valence-corrected chi connectivity index (χ2v) is 2.90. The van der Waals surface area contributed by atoms with Gasteiger partial charge in [-0.05, 0) is 18.9 Å². The van der Waals surface area contributed by atoms with Crippen LogP contribution in [0.25, 0.3) is 0 Å². The van der Waals surface area contributed by atoms with Crippen LogP contribution in [0.2, 0.25) is 0 Å². The van der Waals surface area contributed by atoms with Gasteiger partial charge in [-0.2, -0.15) is 0 Å². The van der Waals surface area contributed by atoms with E-state index in [0.29, 0.717) is 18.6 Å². The van der Waals surface area contributed by atoms with Crippen molar-refractivity contribution in [3.05, 3.63) is 11.6 Å². The third kappa shape index (κ3) is 2.15. The van der Waals surface area contributed by atoms with Gasteiger partial charge in [0.15, 0.2) is 0 Å². The Morgan fingerprint density at radius 2 is 2.27 bits per heavy atom. The number of rotatable bonds is 2. The molecule has 0 amide bonds. The molecule has 0 saturated carbocycles. The highest BCUT2D eigenvalue weighted by molar-refractivity contribution is 5.81. The lowest BCUT2D eigenvalue weighted by Crippen LogP contribution is -2.14. The first-order valence-electron chi connectivity index (χ1n) is 3.97. The van der Waals surface area contributed by atoms with Crippen LogP contribution < -0.4 is 0 Å². The molecule has 1 unspecified atom stereocenters. The number of Topliss-reactive ketones (excluding diaryl/α,β-unsaturated/α-hetero) is 1. The summed E-state index contributed by atoms with van der Waals surface area (Å²) < 4.78 is 5.15. The van der Waals surface area contributed by atoms with Crippen LogP contribution in [-0.2, 0) is 9.53 Å². The molecule has 0 aliphatic heterocycles. The lowest BCUT2D eigenvalue weighted by Gasteiger charge is -2.17. The first-order chi connectivity index (χ1) is 5.24. The standard InChI is InChI=1S/C9H14O2/c1-7(11-2)8-3-5-9(10)6-4-8/h3,7H,4-6H2,1-2H3. The molecular formula is C9H14O2. The molecule has 0 aromatic rings. The molecule has 2 nitrogen and oxygen atoms in total. The number of hydrogen-bond acceptors (Lipinski definition) is 2. The number of ether oxygens (including phenoxy) is 1. The molecule has 1 aliphatic carbocycles. The summed E-state index contributed by atoms with van der Waals surface area (Å²) in [6, 6.07) is 0. The van der Waals surface area contributed by atoms with Crippen LogP contribution in [0.3, 0.4) is 0 Å². The van der Waals surface area contributed by atoms with Gasteiger partial charge in [0.25, 0.3) is 0 Å². The molecule has 1 rings (SSSR count). The van der Waals surface area contributed by atoms with Gasteiger partial charge in [-0.3, -0.25) is 4.79 Å². The second kappa shape index (κ2) is 3.67. The van der Waals surface area contributed by atoms with E-state index in [4.69, 9.17) is 4.74 Å². The average Bonchev–Trinajstić information content (AvgIpc) is 2.05. The summed E-state index contributed by atoms with van der Waals surface area (Å²) in [6.45, 7) is 2.02. The summed E-state index contributed by atoms with van der Waals surface area (Å²) in [6.07, 6.45) is 4.36. The molecule has 0 N–H and O–H groups in total. The molecule has 1 atom stereocenters. The number of carbonyl (C=O) groups is 1. The monoisotopic (exact) mass is 154 g/mol. The van der Waals surface area contributed by atoms with E-state index in [-0.39, 0.29) is 6.10 Å². The number of carbonyl (C=O) groups excluding carboxylic acids is 1. The number of ketones is 1. The predicted octanol–water partition coefficient (Wildman–Crippen LogP) is 1.70. The van der Waals surface area contributed by atoms with E-state index in [2.05, 4.69) is 0 Å². The van der Waals surface area contributed by atoms with Crippen molar-refractivity contribution < 1.29 is 9.53 Å². The Kier molecular flexibility index (Phi) is 2.83. The molecule has 0 fully saturated rings. The molecule has 62 valence electrons. The van der Waals surface area contributed by atoms with Crippen molar-refractivity contribution in [2.45, 2.75) is 32.3 Å². The zero-order valence-electron chi connectivity index (χ0n) is 7.09. The molecule has 0 spiro atoms. The van der Waals surface area contributed by atoms with E-state index in [0.717, 1.165) is 6.42 Å². The number of allylic oxidation sites excluding steroid dienone is 1. The molecule has 0 heterocycles. The fourth-order valence-electron chi connectivity index (χ4n) is 1.25. The lowest BCUT2D eigenvalue weighted by molar-refractivity contribution is -0.118. The Balaban J connectivity index is 2.53. The molecule has 11 heavy (non-hydrogen) atoms. The van der Waals surface area contributed by atoms with Gasteiger partial charge in [-0.25, -0.2) is 0 Å². The molecule has 0 radical (unpaired) electrons. The van der Waals surface area contributed by atoms with Gasteiger partial charge in [-0.15, -0.1) is 0 Å². The molecular weight excluding hydrogens is 140 g/mol. The lowest BCUT2D eigenvalue weighted by atomic mass is 9.95. The van der Waals surface area contributed by atoms with Crippen molar-refractivity contribution in [1.82, 2.24) is 0 Å². The van der Waals surface area contributed by atoms with Crippen molar-refractivity contribution >= 4 is 5.78 Å². The minimum atomic E-state index is 0.183. The second-order valence-electron chi connectivity index (χ2n) is 2.90.